The third-order valence-corrected chi connectivity index (χ3v) is 4.20. The van der Waals surface area contributed by atoms with Crippen LogP contribution in [0.5, 0.6) is 0 Å². The van der Waals surface area contributed by atoms with Crippen LogP contribution in [0.4, 0.5) is 5.69 Å². The third-order valence-electron chi connectivity index (χ3n) is 2.80. The first-order valence-corrected chi connectivity index (χ1v) is 6.30. The van der Waals surface area contributed by atoms with Gasteiger partial charge in [0.05, 0.1) is 17.2 Å². The topological polar surface area (TPSA) is 66.4 Å². The van der Waals surface area contributed by atoms with Gasteiger partial charge in [0, 0.05) is 5.39 Å². The summed E-state index contributed by atoms with van der Waals surface area (Å²) in [6, 6.07) is 8.49. The van der Waals surface area contributed by atoms with Crippen LogP contribution in [0.2, 0.25) is 0 Å². The Kier molecular flexibility index (Phi) is 1.78. The van der Waals surface area contributed by atoms with Gasteiger partial charge in [-0.05, 0) is 23.1 Å². The molecular formula is C11H9NO3S. The molecule has 0 aromatic heterocycles. The Morgan fingerprint density at radius 3 is 2.75 bits per heavy atom. The van der Waals surface area contributed by atoms with E-state index in [1.165, 1.54) is 0 Å². The standard InChI is InChI=1S/C11H9NO3S/c13-6-7-4-5-9-11-8(7)2-1-3-10(11)16(14,15)12-9/h1-5,12-13H,6H2. The monoisotopic (exact) mass is 235 g/mol. The van der Waals surface area contributed by atoms with Crippen LogP contribution in [0.25, 0.3) is 10.8 Å². The zero-order chi connectivity index (χ0) is 11.3. The smallest absolute Gasteiger partial charge is 0.262 e. The Bertz CT molecular complexity index is 692. The minimum absolute atomic E-state index is 0.0969. The molecule has 3 rings (SSSR count). The van der Waals surface area contributed by atoms with E-state index in [0.29, 0.717) is 11.1 Å². The largest absolute Gasteiger partial charge is 0.392 e. The molecule has 0 saturated carbocycles. The van der Waals surface area contributed by atoms with E-state index in [1.54, 1.807) is 24.3 Å². The maximum Gasteiger partial charge on any atom is 0.262 e. The summed E-state index contributed by atoms with van der Waals surface area (Å²) in [6.07, 6.45) is 0. The predicted octanol–water partition coefficient (Wildman–Crippen LogP) is 1.45. The highest BCUT2D eigenvalue weighted by atomic mass is 32.2. The van der Waals surface area contributed by atoms with Crippen molar-refractivity contribution in [3.8, 4) is 0 Å². The number of aliphatic hydroxyl groups excluding tert-OH is 1. The molecule has 5 heteroatoms. The highest BCUT2D eigenvalue weighted by Crippen LogP contribution is 2.38. The molecule has 0 aliphatic carbocycles. The Morgan fingerprint density at radius 2 is 2.00 bits per heavy atom. The third kappa shape index (κ3) is 1.10. The number of sulfonamides is 1. The first-order chi connectivity index (χ1) is 7.63. The number of aliphatic hydroxyl groups is 1. The van der Waals surface area contributed by atoms with Crippen LogP contribution in [0.1, 0.15) is 5.56 Å². The second kappa shape index (κ2) is 2.96. The number of benzene rings is 2. The summed E-state index contributed by atoms with van der Waals surface area (Å²) in [5.41, 5.74) is 1.32. The fourth-order valence-electron chi connectivity index (χ4n) is 2.08. The lowest BCUT2D eigenvalue weighted by molar-refractivity contribution is 0.283. The molecule has 0 saturated heterocycles. The van der Waals surface area contributed by atoms with Crippen molar-refractivity contribution in [3.63, 3.8) is 0 Å². The molecule has 1 aliphatic rings. The summed E-state index contributed by atoms with van der Waals surface area (Å²) in [6.45, 7) is -0.0969. The van der Waals surface area contributed by atoms with Gasteiger partial charge in [0.15, 0.2) is 0 Å². The van der Waals surface area contributed by atoms with Gasteiger partial charge in [0.25, 0.3) is 10.0 Å². The second-order valence-corrected chi connectivity index (χ2v) is 5.37. The van der Waals surface area contributed by atoms with Gasteiger partial charge < -0.3 is 5.11 Å². The van der Waals surface area contributed by atoms with Crippen LogP contribution in [-0.4, -0.2) is 13.5 Å². The van der Waals surface area contributed by atoms with Gasteiger partial charge >= 0.3 is 0 Å². The lowest BCUT2D eigenvalue weighted by Crippen LogP contribution is -2.05. The molecule has 0 amide bonds. The molecule has 82 valence electrons. The van der Waals surface area contributed by atoms with Gasteiger partial charge in [-0.1, -0.05) is 18.2 Å². The summed E-state index contributed by atoms with van der Waals surface area (Å²) < 4.78 is 26.0. The Hall–Kier alpha value is -1.59. The van der Waals surface area contributed by atoms with E-state index in [2.05, 4.69) is 4.72 Å². The number of hydrogen-bond acceptors (Lipinski definition) is 3. The van der Waals surface area contributed by atoms with Crippen LogP contribution in [-0.2, 0) is 16.6 Å². The molecule has 2 aromatic carbocycles. The molecular weight excluding hydrogens is 226 g/mol. The summed E-state index contributed by atoms with van der Waals surface area (Å²) in [5.74, 6) is 0. The maximum absolute atomic E-state index is 11.8. The van der Waals surface area contributed by atoms with Gasteiger partial charge in [-0.3, -0.25) is 4.72 Å². The van der Waals surface area contributed by atoms with E-state index in [-0.39, 0.29) is 11.5 Å². The summed E-state index contributed by atoms with van der Waals surface area (Å²) in [5, 5.41) is 10.7. The van der Waals surface area contributed by atoms with Crippen LogP contribution in [0.3, 0.4) is 0 Å². The lowest BCUT2D eigenvalue weighted by atomic mass is 10.0. The molecule has 1 heterocycles. The molecule has 16 heavy (non-hydrogen) atoms. The van der Waals surface area contributed by atoms with Crippen molar-refractivity contribution < 1.29 is 13.5 Å². The molecule has 2 N–H and O–H groups in total. The molecule has 0 bridgehead atoms. The summed E-state index contributed by atoms with van der Waals surface area (Å²) >= 11 is 0. The van der Waals surface area contributed by atoms with Gasteiger partial charge in [-0.15, -0.1) is 0 Å². The second-order valence-electron chi connectivity index (χ2n) is 3.71. The number of nitrogens with one attached hydrogen (secondary N) is 1. The van der Waals surface area contributed by atoms with Crippen molar-refractivity contribution in [1.82, 2.24) is 0 Å². The first-order valence-electron chi connectivity index (χ1n) is 4.82. The van der Waals surface area contributed by atoms with Crippen LogP contribution in [0.15, 0.2) is 35.2 Å². The highest BCUT2D eigenvalue weighted by Gasteiger charge is 2.27. The molecule has 0 radical (unpaired) electrons. The Morgan fingerprint density at radius 1 is 1.19 bits per heavy atom. The predicted molar refractivity (Wildman–Crippen MR) is 60.7 cm³/mol. The Labute approximate surface area is 92.6 Å². The maximum atomic E-state index is 11.8. The molecule has 0 spiro atoms. The van der Waals surface area contributed by atoms with Crippen molar-refractivity contribution in [3.05, 3.63) is 35.9 Å². The Balaban J connectivity index is 2.55. The van der Waals surface area contributed by atoms with Gasteiger partial charge in [0.2, 0.25) is 0 Å². The molecule has 4 nitrogen and oxygen atoms in total. The zero-order valence-corrected chi connectivity index (χ0v) is 9.08. The van der Waals surface area contributed by atoms with Crippen molar-refractivity contribution >= 4 is 26.5 Å². The van der Waals surface area contributed by atoms with Crippen LogP contribution in [0, 0.1) is 0 Å². The van der Waals surface area contributed by atoms with E-state index in [4.69, 9.17) is 0 Å². The lowest BCUT2D eigenvalue weighted by Gasteiger charge is -2.03. The quantitative estimate of drug-likeness (QED) is 0.786. The van der Waals surface area contributed by atoms with E-state index in [1.807, 2.05) is 6.07 Å². The van der Waals surface area contributed by atoms with Crippen LogP contribution >= 0.6 is 0 Å². The van der Waals surface area contributed by atoms with E-state index < -0.39 is 10.0 Å². The zero-order valence-electron chi connectivity index (χ0n) is 8.27. The molecule has 0 unspecified atom stereocenters. The summed E-state index contributed by atoms with van der Waals surface area (Å²) in [7, 11) is -3.41. The number of anilines is 1. The molecule has 1 aliphatic heterocycles. The van der Waals surface area contributed by atoms with Crippen molar-refractivity contribution in [2.24, 2.45) is 0 Å². The van der Waals surface area contributed by atoms with Crippen molar-refractivity contribution in [1.29, 1.82) is 0 Å². The number of rotatable bonds is 1. The number of hydrogen-bond donors (Lipinski definition) is 2. The normalized spacial score (nSPS) is 16.3. The van der Waals surface area contributed by atoms with Gasteiger partial charge in [-0.25, -0.2) is 8.42 Å². The minimum Gasteiger partial charge on any atom is -0.392 e. The first kappa shape index (κ1) is 9.62. The average Bonchev–Trinajstić information content (AvgIpc) is 2.53. The molecule has 0 atom stereocenters. The fraction of sp³-hybridized carbons (Fsp3) is 0.0909. The summed E-state index contributed by atoms with van der Waals surface area (Å²) in [4.78, 5) is 0.287. The van der Waals surface area contributed by atoms with Crippen molar-refractivity contribution in [2.75, 3.05) is 4.72 Å². The van der Waals surface area contributed by atoms with Crippen molar-refractivity contribution in [2.45, 2.75) is 11.5 Å². The SMILES string of the molecule is O=S1(=O)Nc2ccc(CO)c3cccc1c23. The minimum atomic E-state index is -3.41. The van der Waals surface area contributed by atoms with E-state index >= 15 is 0 Å². The van der Waals surface area contributed by atoms with Gasteiger partial charge in [0.1, 0.15) is 0 Å². The van der Waals surface area contributed by atoms with E-state index in [9.17, 15) is 13.5 Å². The average molecular weight is 235 g/mol. The van der Waals surface area contributed by atoms with Crippen LogP contribution < -0.4 is 4.72 Å². The molecule has 2 aromatic rings. The highest BCUT2D eigenvalue weighted by molar-refractivity contribution is 7.93. The molecule has 0 fully saturated rings. The van der Waals surface area contributed by atoms with Gasteiger partial charge in [-0.2, -0.15) is 0 Å². The van der Waals surface area contributed by atoms with E-state index in [0.717, 1.165) is 10.9 Å². The fourth-order valence-corrected chi connectivity index (χ4v) is 3.40.